The number of hydrogen-bond acceptors (Lipinski definition) is 9. The smallest absolute Gasteiger partial charge is 0.296 e. The second-order valence-corrected chi connectivity index (χ2v) is 9.54. The fourth-order valence-corrected chi connectivity index (χ4v) is 5.10. The summed E-state index contributed by atoms with van der Waals surface area (Å²) in [4.78, 5) is 22.5. The summed E-state index contributed by atoms with van der Waals surface area (Å²) < 4.78 is 40.6. The molecule has 2 aromatic carbocycles. The van der Waals surface area contributed by atoms with Gasteiger partial charge in [-0.05, 0) is 37.1 Å². The number of nitrogens with one attached hydrogen (secondary N) is 1. The molecular weight excluding hydrogens is 506 g/mol. The zero-order valence-corrected chi connectivity index (χ0v) is 21.6. The van der Waals surface area contributed by atoms with Crippen LogP contribution in [-0.2, 0) is 4.74 Å². The van der Waals surface area contributed by atoms with Crippen LogP contribution in [0.2, 0.25) is 0 Å². The molecule has 0 atom stereocenters. The average Bonchev–Trinajstić information content (AvgIpc) is 3.38. The van der Waals surface area contributed by atoms with E-state index in [0.717, 1.165) is 24.3 Å². The lowest BCUT2D eigenvalue weighted by atomic mass is 10.0. The minimum absolute atomic E-state index is 0.139. The van der Waals surface area contributed by atoms with Crippen LogP contribution in [-0.4, -0.2) is 77.0 Å². The van der Waals surface area contributed by atoms with Gasteiger partial charge in [0, 0.05) is 32.2 Å². The molecule has 6 rings (SSSR count). The molecule has 0 spiro atoms. The van der Waals surface area contributed by atoms with Crippen molar-refractivity contribution in [2.75, 3.05) is 61.6 Å². The molecule has 0 radical (unpaired) electrons. The predicted octanol–water partition coefficient (Wildman–Crippen LogP) is 4.07. The number of fused-ring (bicyclic) bond motifs is 1. The van der Waals surface area contributed by atoms with Crippen molar-refractivity contribution in [3.05, 3.63) is 54.4 Å². The number of aromatic nitrogens is 5. The number of benzene rings is 2. The zero-order valence-electron chi connectivity index (χ0n) is 21.6. The molecule has 2 saturated heterocycles. The molecule has 12 heteroatoms. The number of anilines is 3. The topological polar surface area (TPSA) is 93.5 Å². The normalized spacial score (nSPS) is 16.7. The van der Waals surface area contributed by atoms with Crippen LogP contribution in [0.15, 0.2) is 48.5 Å². The molecule has 10 nitrogen and oxygen atoms in total. The maximum atomic E-state index is 14.1. The molecule has 0 saturated carbocycles. The highest BCUT2D eigenvalue weighted by Crippen LogP contribution is 2.30. The van der Waals surface area contributed by atoms with Gasteiger partial charge in [-0.25, -0.2) is 13.8 Å². The number of imidazole rings is 1. The van der Waals surface area contributed by atoms with Crippen molar-refractivity contribution in [1.82, 2.24) is 24.5 Å². The Balaban J connectivity index is 1.32. The van der Waals surface area contributed by atoms with Gasteiger partial charge in [-0.3, -0.25) is 4.57 Å². The molecule has 1 N–H and O–H groups in total. The van der Waals surface area contributed by atoms with Crippen molar-refractivity contribution in [3.63, 3.8) is 0 Å². The minimum Gasteiger partial charge on any atom is -0.495 e. The maximum absolute atomic E-state index is 14.1. The van der Waals surface area contributed by atoms with Crippen LogP contribution in [0.4, 0.5) is 26.4 Å². The Kier molecular flexibility index (Phi) is 7.10. The van der Waals surface area contributed by atoms with Crippen LogP contribution in [0.3, 0.4) is 0 Å². The molecular formula is C27H30F2N8O2. The number of piperidine rings is 1. The predicted molar refractivity (Wildman–Crippen MR) is 144 cm³/mol. The third-order valence-electron chi connectivity index (χ3n) is 7.12. The second-order valence-electron chi connectivity index (χ2n) is 9.54. The number of nitrogens with zero attached hydrogens (tertiary/aromatic N) is 7. The van der Waals surface area contributed by atoms with E-state index in [1.54, 1.807) is 31.4 Å². The number of hydrogen-bond donors (Lipinski definition) is 1. The van der Waals surface area contributed by atoms with Crippen LogP contribution in [0.5, 0.6) is 5.75 Å². The van der Waals surface area contributed by atoms with Crippen molar-refractivity contribution in [1.29, 1.82) is 0 Å². The minimum atomic E-state index is -2.79. The number of ether oxygens (including phenoxy) is 2. The Hall–Kier alpha value is -4.06. The number of alkyl halides is 2. The summed E-state index contributed by atoms with van der Waals surface area (Å²) in [5.74, 6) is 1.47. The lowest BCUT2D eigenvalue weighted by molar-refractivity contribution is 0.122. The van der Waals surface area contributed by atoms with Crippen molar-refractivity contribution in [2.24, 2.45) is 0 Å². The fraction of sp³-hybridized carbons (Fsp3) is 0.407. The Morgan fingerprint density at radius 3 is 2.21 bits per heavy atom. The molecule has 204 valence electrons. The highest BCUT2D eigenvalue weighted by molar-refractivity contribution is 5.77. The summed E-state index contributed by atoms with van der Waals surface area (Å²) in [7, 11) is 1.66. The van der Waals surface area contributed by atoms with Gasteiger partial charge in [-0.15, -0.1) is 0 Å². The maximum Gasteiger partial charge on any atom is 0.296 e. The van der Waals surface area contributed by atoms with E-state index in [1.807, 2.05) is 29.2 Å². The molecule has 4 aromatic rings. The van der Waals surface area contributed by atoms with Crippen LogP contribution in [0, 0.1) is 0 Å². The number of rotatable bonds is 7. The molecule has 2 aliphatic rings. The van der Waals surface area contributed by atoms with Crippen molar-refractivity contribution in [2.45, 2.75) is 25.3 Å². The zero-order chi connectivity index (χ0) is 26.8. The van der Waals surface area contributed by atoms with Gasteiger partial charge >= 0.3 is 0 Å². The number of morpholine rings is 1. The largest absolute Gasteiger partial charge is 0.495 e. The third-order valence-corrected chi connectivity index (χ3v) is 7.12. The summed E-state index contributed by atoms with van der Waals surface area (Å²) in [6, 6.07) is 15.1. The van der Waals surface area contributed by atoms with Gasteiger partial charge in [0.2, 0.25) is 17.8 Å². The van der Waals surface area contributed by atoms with Gasteiger partial charge in [0.05, 0.1) is 37.0 Å². The number of halogens is 2. The first kappa shape index (κ1) is 25.2. The Labute approximate surface area is 224 Å². The van der Waals surface area contributed by atoms with Gasteiger partial charge in [0.1, 0.15) is 5.75 Å². The standard InChI is InChI=1S/C27H30F2N8O2/c1-38-22-9-5-3-7-20(22)30-18-10-12-35(13-11-18)25-32-26(36-14-16-39-17-15-36)34-27(33-25)37-21-8-4-2-6-19(21)31-24(37)23(28)29/h2-9,18,23,30H,10-17H2,1H3. The van der Waals surface area contributed by atoms with E-state index < -0.39 is 6.43 Å². The van der Waals surface area contributed by atoms with Crippen LogP contribution in [0.1, 0.15) is 25.1 Å². The van der Waals surface area contributed by atoms with Crippen molar-refractivity contribution < 1.29 is 18.3 Å². The summed E-state index contributed by atoms with van der Waals surface area (Å²) >= 11 is 0. The third kappa shape index (κ3) is 5.16. The summed E-state index contributed by atoms with van der Waals surface area (Å²) in [5, 5.41) is 3.59. The van der Waals surface area contributed by atoms with Crippen molar-refractivity contribution >= 4 is 28.6 Å². The first-order valence-electron chi connectivity index (χ1n) is 13.1. The molecule has 0 amide bonds. The first-order valence-corrected chi connectivity index (χ1v) is 13.1. The highest BCUT2D eigenvalue weighted by atomic mass is 19.3. The SMILES string of the molecule is COc1ccccc1NC1CCN(c2nc(N3CCOCC3)nc(-n3c(C(F)F)nc4ccccc43)n2)CC1. The molecule has 4 heterocycles. The summed E-state index contributed by atoms with van der Waals surface area (Å²) in [6.07, 6.45) is -1.09. The molecule has 39 heavy (non-hydrogen) atoms. The van der Waals surface area contributed by atoms with Crippen LogP contribution < -0.4 is 19.9 Å². The van der Waals surface area contributed by atoms with Gasteiger partial charge in [0.15, 0.2) is 5.82 Å². The monoisotopic (exact) mass is 536 g/mol. The number of methoxy groups -OCH3 is 1. The van der Waals surface area contributed by atoms with E-state index in [2.05, 4.69) is 20.2 Å². The highest BCUT2D eigenvalue weighted by Gasteiger charge is 2.27. The molecule has 2 aromatic heterocycles. The first-order chi connectivity index (χ1) is 19.1. The lowest BCUT2D eigenvalue weighted by Gasteiger charge is -2.34. The number of para-hydroxylation sites is 4. The van der Waals surface area contributed by atoms with E-state index in [1.165, 1.54) is 4.57 Å². The quantitative estimate of drug-likeness (QED) is 0.375. The molecule has 0 bridgehead atoms. The van der Waals surface area contributed by atoms with Gasteiger partial charge in [0.25, 0.3) is 6.43 Å². The lowest BCUT2D eigenvalue weighted by Crippen LogP contribution is -2.41. The Morgan fingerprint density at radius 1 is 0.846 bits per heavy atom. The van der Waals surface area contributed by atoms with E-state index >= 15 is 0 Å². The fourth-order valence-electron chi connectivity index (χ4n) is 5.10. The molecule has 0 unspecified atom stereocenters. The van der Waals surface area contributed by atoms with Gasteiger partial charge in [-0.2, -0.15) is 15.0 Å². The van der Waals surface area contributed by atoms with E-state index in [-0.39, 0.29) is 17.8 Å². The average molecular weight is 537 g/mol. The summed E-state index contributed by atoms with van der Waals surface area (Å²) in [5.41, 5.74) is 1.95. The van der Waals surface area contributed by atoms with Gasteiger partial charge in [-0.1, -0.05) is 24.3 Å². The van der Waals surface area contributed by atoms with Gasteiger partial charge < -0.3 is 24.6 Å². The van der Waals surface area contributed by atoms with Crippen LogP contribution >= 0.6 is 0 Å². The van der Waals surface area contributed by atoms with E-state index in [4.69, 9.17) is 19.4 Å². The molecule has 2 aliphatic heterocycles. The van der Waals surface area contributed by atoms with E-state index in [0.29, 0.717) is 62.3 Å². The van der Waals surface area contributed by atoms with Crippen LogP contribution in [0.25, 0.3) is 17.0 Å². The van der Waals surface area contributed by atoms with Crippen molar-refractivity contribution in [3.8, 4) is 11.7 Å². The Morgan fingerprint density at radius 2 is 1.49 bits per heavy atom. The molecule has 0 aliphatic carbocycles. The molecule has 2 fully saturated rings. The van der Waals surface area contributed by atoms with E-state index in [9.17, 15) is 8.78 Å². The Bertz CT molecular complexity index is 1430. The summed E-state index contributed by atoms with van der Waals surface area (Å²) in [6.45, 7) is 3.72. The second kappa shape index (κ2) is 11.0.